The van der Waals surface area contributed by atoms with Crippen LogP contribution in [-0.2, 0) is 9.63 Å². The lowest BCUT2D eigenvalue weighted by Crippen LogP contribution is -2.04. The molecule has 4 rings (SSSR count). The summed E-state index contributed by atoms with van der Waals surface area (Å²) in [5.74, 6) is -0.154. The van der Waals surface area contributed by atoms with Gasteiger partial charge in [0, 0.05) is 38.5 Å². The maximum Gasteiger partial charge on any atom is 0.331 e. The Morgan fingerprint density at radius 3 is 1.52 bits per heavy atom. The van der Waals surface area contributed by atoms with Crippen LogP contribution in [0.3, 0.4) is 0 Å². The van der Waals surface area contributed by atoms with Gasteiger partial charge in [0.15, 0.2) is 5.78 Å². The van der Waals surface area contributed by atoms with Crippen LogP contribution in [0.2, 0.25) is 0 Å². The second-order valence-corrected chi connectivity index (χ2v) is 12.6. The van der Waals surface area contributed by atoms with E-state index in [4.69, 9.17) is 4.84 Å². The van der Waals surface area contributed by atoms with E-state index in [-0.39, 0.29) is 11.8 Å². The van der Waals surface area contributed by atoms with Crippen LogP contribution in [0.15, 0.2) is 134 Å². The lowest BCUT2D eigenvalue weighted by molar-refractivity contribution is -0.140. The molecule has 0 aromatic heterocycles. The first-order valence-corrected chi connectivity index (χ1v) is 17.1. The van der Waals surface area contributed by atoms with Crippen LogP contribution in [0.1, 0.15) is 88.1 Å². The van der Waals surface area contributed by atoms with Gasteiger partial charge in [-0.3, -0.25) is 4.79 Å². The highest BCUT2D eigenvalue weighted by Crippen LogP contribution is 2.28. The molecule has 230 valence electrons. The van der Waals surface area contributed by atoms with Crippen molar-refractivity contribution in [1.29, 1.82) is 0 Å². The SMILES string of the molecule is CCCC(=O)c1ccc(Sc2ccccc2)cc1.CCCCCCCC(=NOC(C)=O)c1ccc(Sc2ccccc2)cc1. The molecule has 0 bridgehead atoms. The number of hydrogen-bond donors (Lipinski definition) is 0. The van der Waals surface area contributed by atoms with Crippen LogP contribution in [-0.4, -0.2) is 17.5 Å². The second-order valence-electron chi connectivity index (χ2n) is 10.3. The monoisotopic (exact) mass is 625 g/mol. The van der Waals surface area contributed by atoms with Crippen LogP contribution in [0.25, 0.3) is 0 Å². The van der Waals surface area contributed by atoms with Crippen molar-refractivity contribution in [2.45, 2.75) is 91.7 Å². The van der Waals surface area contributed by atoms with E-state index >= 15 is 0 Å². The van der Waals surface area contributed by atoms with E-state index in [1.807, 2.05) is 67.6 Å². The van der Waals surface area contributed by atoms with Crippen molar-refractivity contribution in [1.82, 2.24) is 0 Å². The summed E-state index contributed by atoms with van der Waals surface area (Å²) < 4.78 is 0. The van der Waals surface area contributed by atoms with Crippen molar-refractivity contribution >= 4 is 41.0 Å². The van der Waals surface area contributed by atoms with Gasteiger partial charge in [-0.1, -0.05) is 129 Å². The van der Waals surface area contributed by atoms with E-state index < -0.39 is 0 Å². The summed E-state index contributed by atoms with van der Waals surface area (Å²) in [6.07, 6.45) is 8.32. The van der Waals surface area contributed by atoms with Crippen molar-refractivity contribution in [3.8, 4) is 0 Å². The average Bonchev–Trinajstić information content (AvgIpc) is 3.04. The Labute approximate surface area is 271 Å². The molecule has 4 aromatic carbocycles. The molecule has 0 unspecified atom stereocenters. The number of benzene rings is 4. The Balaban J connectivity index is 0.000000257. The van der Waals surface area contributed by atoms with E-state index in [1.165, 1.54) is 47.3 Å². The molecule has 44 heavy (non-hydrogen) atoms. The molecule has 4 nitrogen and oxygen atoms in total. The van der Waals surface area contributed by atoms with Gasteiger partial charge in [-0.25, -0.2) is 4.79 Å². The normalized spacial score (nSPS) is 10.9. The first kappa shape index (κ1) is 34.9. The molecule has 6 heteroatoms. The number of oxime groups is 1. The minimum atomic E-state index is -0.385. The third-order valence-electron chi connectivity index (χ3n) is 6.60. The standard InChI is InChI=1S/C22H27NO2S.C16H16OS/c1-3-4-5-6-10-13-22(23-25-18(2)24)19-14-16-21(17-15-19)26-20-11-8-7-9-12-20;1-2-6-16(17)13-9-11-15(12-10-13)18-14-7-4-3-5-8-14/h7-9,11-12,14-17H,3-6,10,13H2,1-2H3;3-5,7-12H,2,6H2,1H3. The zero-order valence-electron chi connectivity index (χ0n) is 26.0. The minimum Gasteiger partial charge on any atom is -0.318 e. The number of nitrogens with zero attached hydrogens (tertiary/aromatic N) is 1. The maximum atomic E-state index is 11.7. The molecule has 0 aliphatic rings. The summed E-state index contributed by atoms with van der Waals surface area (Å²) in [4.78, 5) is 32.5. The Bertz CT molecular complexity index is 1420. The molecule has 0 heterocycles. The second kappa shape index (κ2) is 20.4. The Morgan fingerprint density at radius 2 is 1.05 bits per heavy atom. The predicted octanol–water partition coefficient (Wildman–Crippen LogP) is 11.3. The van der Waals surface area contributed by atoms with Gasteiger partial charge in [0.25, 0.3) is 0 Å². The number of Topliss-reactive ketones (excluding diaryl/α,β-unsaturated/α-hetero) is 1. The first-order valence-electron chi connectivity index (χ1n) is 15.4. The van der Waals surface area contributed by atoms with Gasteiger partial charge >= 0.3 is 5.97 Å². The Hall–Kier alpha value is -3.61. The molecule has 0 saturated carbocycles. The fourth-order valence-electron chi connectivity index (χ4n) is 4.30. The third kappa shape index (κ3) is 13.4. The topological polar surface area (TPSA) is 55.7 Å². The minimum absolute atomic E-state index is 0.230. The largest absolute Gasteiger partial charge is 0.331 e. The van der Waals surface area contributed by atoms with Gasteiger partial charge in [-0.05, 0) is 73.4 Å². The molecule has 0 amide bonds. The van der Waals surface area contributed by atoms with E-state index in [2.05, 4.69) is 60.6 Å². The summed E-state index contributed by atoms with van der Waals surface area (Å²) in [6, 6.07) is 36.7. The third-order valence-corrected chi connectivity index (χ3v) is 8.63. The molecule has 0 radical (unpaired) electrons. The lowest BCUT2D eigenvalue weighted by Gasteiger charge is -2.08. The number of carbonyl (C=O) groups is 2. The molecule has 0 saturated heterocycles. The van der Waals surface area contributed by atoms with Gasteiger partial charge in [0.1, 0.15) is 0 Å². The van der Waals surface area contributed by atoms with Crippen LogP contribution in [0, 0.1) is 0 Å². The molecule has 0 fully saturated rings. The van der Waals surface area contributed by atoms with Crippen LogP contribution < -0.4 is 0 Å². The highest BCUT2D eigenvalue weighted by molar-refractivity contribution is 7.99. The summed E-state index contributed by atoms with van der Waals surface area (Å²) in [7, 11) is 0. The highest BCUT2D eigenvalue weighted by Gasteiger charge is 2.08. The fourth-order valence-corrected chi connectivity index (χ4v) is 5.98. The number of carbonyl (C=O) groups excluding carboxylic acids is 2. The number of ketones is 1. The number of rotatable bonds is 15. The predicted molar refractivity (Wildman–Crippen MR) is 185 cm³/mol. The van der Waals surface area contributed by atoms with Gasteiger partial charge in [-0.2, -0.15) is 0 Å². The molecule has 0 atom stereocenters. The van der Waals surface area contributed by atoms with E-state index in [1.54, 1.807) is 23.5 Å². The summed E-state index contributed by atoms with van der Waals surface area (Å²) in [5, 5.41) is 4.09. The van der Waals surface area contributed by atoms with E-state index in [0.717, 1.165) is 41.0 Å². The number of unbranched alkanes of at least 4 members (excludes halogenated alkanes) is 4. The molecule has 0 aliphatic carbocycles. The van der Waals surface area contributed by atoms with Crippen LogP contribution in [0.4, 0.5) is 0 Å². The average molecular weight is 626 g/mol. The highest BCUT2D eigenvalue weighted by atomic mass is 32.2. The molecule has 0 spiro atoms. The molecular formula is C38H43NO3S2. The quantitative estimate of drug-likeness (QED) is 0.0432. The van der Waals surface area contributed by atoms with Crippen molar-refractivity contribution in [2.75, 3.05) is 0 Å². The summed E-state index contributed by atoms with van der Waals surface area (Å²) >= 11 is 3.44. The fraction of sp³-hybridized carbons (Fsp3) is 0.289. The van der Waals surface area contributed by atoms with E-state index in [9.17, 15) is 9.59 Å². The smallest absolute Gasteiger partial charge is 0.318 e. The molecular weight excluding hydrogens is 583 g/mol. The summed E-state index contributed by atoms with van der Waals surface area (Å²) in [6.45, 7) is 5.61. The van der Waals surface area contributed by atoms with Crippen LogP contribution in [0.5, 0.6) is 0 Å². The maximum absolute atomic E-state index is 11.7. The van der Waals surface area contributed by atoms with Gasteiger partial charge in [0.05, 0.1) is 5.71 Å². The molecule has 0 N–H and O–H groups in total. The zero-order valence-corrected chi connectivity index (χ0v) is 27.7. The van der Waals surface area contributed by atoms with Crippen molar-refractivity contribution in [3.05, 3.63) is 120 Å². The van der Waals surface area contributed by atoms with Gasteiger partial charge in [-0.15, -0.1) is 0 Å². The van der Waals surface area contributed by atoms with Crippen molar-refractivity contribution in [3.63, 3.8) is 0 Å². The van der Waals surface area contributed by atoms with E-state index in [0.29, 0.717) is 6.42 Å². The first-order chi connectivity index (χ1) is 21.5. The number of hydrogen-bond acceptors (Lipinski definition) is 6. The molecule has 4 aromatic rings. The Morgan fingerprint density at radius 1 is 0.568 bits per heavy atom. The molecule has 0 aliphatic heterocycles. The zero-order chi connectivity index (χ0) is 31.4. The van der Waals surface area contributed by atoms with Gasteiger partial charge in [0.2, 0.25) is 0 Å². The van der Waals surface area contributed by atoms with Crippen molar-refractivity contribution in [2.24, 2.45) is 5.16 Å². The van der Waals surface area contributed by atoms with Crippen molar-refractivity contribution < 1.29 is 14.4 Å². The lowest BCUT2D eigenvalue weighted by atomic mass is 10.0. The summed E-state index contributed by atoms with van der Waals surface area (Å²) in [5.41, 5.74) is 2.67. The van der Waals surface area contributed by atoms with Gasteiger partial charge < -0.3 is 4.84 Å². The van der Waals surface area contributed by atoms with Crippen LogP contribution >= 0.6 is 23.5 Å². The Kier molecular flexibility index (Phi) is 16.1.